The molecule has 0 saturated carbocycles. The van der Waals surface area contributed by atoms with E-state index in [1.54, 1.807) is 0 Å². The summed E-state index contributed by atoms with van der Waals surface area (Å²) in [5.41, 5.74) is 1.06. The molecule has 0 N–H and O–H groups in total. The average Bonchev–Trinajstić information content (AvgIpc) is 2.68. The summed E-state index contributed by atoms with van der Waals surface area (Å²) in [6.07, 6.45) is 5.49. The van der Waals surface area contributed by atoms with Crippen molar-refractivity contribution in [1.82, 2.24) is 9.97 Å². The van der Waals surface area contributed by atoms with Gasteiger partial charge in [-0.3, -0.25) is 9.97 Å². The topological polar surface area (TPSA) is 25.8 Å². The summed E-state index contributed by atoms with van der Waals surface area (Å²) in [5.74, 6) is 1.67. The number of rotatable bonds is 0. The van der Waals surface area contributed by atoms with Crippen LogP contribution in [0, 0.1) is 11.8 Å². The third kappa shape index (κ3) is 10.4. The molecule has 0 saturated heterocycles. The SMILES string of the molecule is CC(C)C.CC(C)C.c1ccc2cnccc2c1.c1ccc2ncccc2c1. The molecule has 0 aliphatic rings. The fourth-order valence-corrected chi connectivity index (χ4v) is 2.04. The van der Waals surface area contributed by atoms with E-state index < -0.39 is 0 Å². The fourth-order valence-electron chi connectivity index (χ4n) is 2.04. The maximum Gasteiger partial charge on any atom is 0.0701 e. The Kier molecular flexibility index (Phi) is 11.2. The molecule has 4 aromatic rings. The lowest BCUT2D eigenvalue weighted by Gasteiger charge is -1.91. The molecule has 2 nitrogen and oxygen atoms in total. The monoisotopic (exact) mass is 374 g/mol. The molecular formula is C26H34N2. The van der Waals surface area contributed by atoms with Crippen LogP contribution in [0.4, 0.5) is 0 Å². The van der Waals surface area contributed by atoms with Crippen molar-refractivity contribution < 1.29 is 0 Å². The Balaban J connectivity index is 0.000000206. The predicted octanol–water partition coefficient (Wildman–Crippen LogP) is 7.79. The highest BCUT2D eigenvalue weighted by Gasteiger charge is 1.87. The summed E-state index contributed by atoms with van der Waals surface area (Å²) in [7, 11) is 0. The van der Waals surface area contributed by atoms with E-state index in [4.69, 9.17) is 0 Å². The van der Waals surface area contributed by atoms with Gasteiger partial charge in [-0.05, 0) is 40.8 Å². The van der Waals surface area contributed by atoms with Gasteiger partial charge in [0.1, 0.15) is 0 Å². The number of hydrogen-bond donors (Lipinski definition) is 0. The van der Waals surface area contributed by atoms with Crippen LogP contribution in [0.15, 0.2) is 85.3 Å². The van der Waals surface area contributed by atoms with Gasteiger partial charge in [-0.1, -0.05) is 90.1 Å². The van der Waals surface area contributed by atoms with E-state index in [9.17, 15) is 0 Å². The van der Waals surface area contributed by atoms with E-state index >= 15 is 0 Å². The van der Waals surface area contributed by atoms with Gasteiger partial charge in [0, 0.05) is 24.0 Å². The normalized spacial score (nSPS) is 9.71. The lowest BCUT2D eigenvalue weighted by Crippen LogP contribution is -1.73. The zero-order chi connectivity index (χ0) is 20.8. The lowest BCUT2D eigenvalue weighted by molar-refractivity contribution is 0.736. The highest BCUT2D eigenvalue weighted by Crippen LogP contribution is 2.09. The van der Waals surface area contributed by atoms with Gasteiger partial charge in [0.25, 0.3) is 0 Å². The van der Waals surface area contributed by atoms with Crippen LogP contribution in [-0.4, -0.2) is 9.97 Å². The van der Waals surface area contributed by atoms with Gasteiger partial charge in [0.2, 0.25) is 0 Å². The van der Waals surface area contributed by atoms with E-state index in [1.807, 2.05) is 61.1 Å². The Labute approximate surface area is 170 Å². The Morgan fingerprint density at radius 2 is 1.04 bits per heavy atom. The van der Waals surface area contributed by atoms with Crippen molar-refractivity contribution in [2.75, 3.05) is 0 Å². The molecular weight excluding hydrogens is 340 g/mol. The highest BCUT2D eigenvalue weighted by atomic mass is 14.6. The Hall–Kier alpha value is -2.74. The largest absolute Gasteiger partial charge is 0.264 e. The van der Waals surface area contributed by atoms with Gasteiger partial charge < -0.3 is 0 Å². The molecule has 4 rings (SSSR count). The zero-order valence-corrected chi connectivity index (χ0v) is 18.1. The number of pyridine rings is 2. The third-order valence-electron chi connectivity index (χ3n) is 3.06. The molecule has 0 aliphatic carbocycles. The predicted molar refractivity (Wildman–Crippen MR) is 125 cm³/mol. The molecule has 0 unspecified atom stereocenters. The second-order valence-electron chi connectivity index (χ2n) is 7.88. The number of nitrogens with zero attached hydrogens (tertiary/aromatic N) is 2. The first-order valence-electron chi connectivity index (χ1n) is 9.98. The van der Waals surface area contributed by atoms with Gasteiger partial charge in [-0.2, -0.15) is 0 Å². The molecule has 148 valence electrons. The summed E-state index contributed by atoms with van der Waals surface area (Å²) in [5, 5.41) is 3.65. The molecule has 0 radical (unpaired) electrons. The highest BCUT2D eigenvalue weighted by molar-refractivity contribution is 5.81. The molecule has 0 bridgehead atoms. The molecule has 2 heteroatoms. The van der Waals surface area contributed by atoms with Crippen LogP contribution in [-0.2, 0) is 0 Å². The quantitative estimate of drug-likeness (QED) is 0.314. The van der Waals surface area contributed by atoms with Crippen LogP contribution in [0.25, 0.3) is 21.7 Å². The van der Waals surface area contributed by atoms with Crippen LogP contribution in [0.1, 0.15) is 41.5 Å². The maximum atomic E-state index is 4.18. The number of para-hydroxylation sites is 1. The van der Waals surface area contributed by atoms with E-state index in [-0.39, 0.29) is 0 Å². The molecule has 2 heterocycles. The number of fused-ring (bicyclic) bond motifs is 2. The van der Waals surface area contributed by atoms with Gasteiger partial charge in [0.05, 0.1) is 5.52 Å². The van der Waals surface area contributed by atoms with Crippen molar-refractivity contribution in [3.8, 4) is 0 Å². The Morgan fingerprint density at radius 1 is 0.536 bits per heavy atom. The first-order valence-corrected chi connectivity index (χ1v) is 9.98. The standard InChI is InChI=1S/2C9H7N.2C4H10/c1-2-6-9-8(4-1)5-3-7-10-9;1-2-4-9-7-10-6-5-8(9)3-1;2*1-4(2)3/h2*1-7H;2*4H,1-3H3. The third-order valence-corrected chi connectivity index (χ3v) is 3.06. The minimum Gasteiger partial charge on any atom is -0.264 e. The molecule has 0 fully saturated rings. The summed E-state index contributed by atoms with van der Waals surface area (Å²) in [6.45, 7) is 13.0. The molecule has 28 heavy (non-hydrogen) atoms. The van der Waals surface area contributed by atoms with Crippen molar-refractivity contribution >= 4 is 21.7 Å². The summed E-state index contributed by atoms with van der Waals surface area (Å²) < 4.78 is 0. The first kappa shape index (κ1) is 23.3. The smallest absolute Gasteiger partial charge is 0.0701 e. The second kappa shape index (κ2) is 13.4. The number of hydrogen-bond acceptors (Lipinski definition) is 2. The van der Waals surface area contributed by atoms with Gasteiger partial charge in [-0.15, -0.1) is 0 Å². The van der Waals surface area contributed by atoms with Gasteiger partial charge in [0.15, 0.2) is 0 Å². The zero-order valence-electron chi connectivity index (χ0n) is 18.1. The van der Waals surface area contributed by atoms with Crippen molar-refractivity contribution in [3.05, 3.63) is 85.3 Å². The second-order valence-corrected chi connectivity index (χ2v) is 7.88. The van der Waals surface area contributed by atoms with Gasteiger partial charge >= 0.3 is 0 Å². The number of aromatic nitrogens is 2. The summed E-state index contributed by atoms with van der Waals surface area (Å²) in [4.78, 5) is 8.19. The van der Waals surface area contributed by atoms with Crippen LogP contribution < -0.4 is 0 Å². The molecule has 0 amide bonds. The molecule has 0 spiro atoms. The summed E-state index contributed by atoms with van der Waals surface area (Å²) in [6, 6.07) is 22.3. The molecule has 2 aromatic heterocycles. The van der Waals surface area contributed by atoms with E-state index in [2.05, 4.69) is 75.8 Å². The van der Waals surface area contributed by atoms with Crippen molar-refractivity contribution in [3.63, 3.8) is 0 Å². The van der Waals surface area contributed by atoms with E-state index in [0.29, 0.717) is 0 Å². The van der Waals surface area contributed by atoms with Crippen molar-refractivity contribution in [2.24, 2.45) is 11.8 Å². The molecule has 0 aliphatic heterocycles. The first-order chi connectivity index (χ1) is 13.4. The Morgan fingerprint density at radius 3 is 1.61 bits per heavy atom. The van der Waals surface area contributed by atoms with E-state index in [0.717, 1.165) is 17.4 Å². The fraction of sp³-hybridized carbons (Fsp3) is 0.308. The minimum atomic E-state index is 0.833. The van der Waals surface area contributed by atoms with Crippen LogP contribution in [0.2, 0.25) is 0 Å². The van der Waals surface area contributed by atoms with Crippen LogP contribution in [0.3, 0.4) is 0 Å². The van der Waals surface area contributed by atoms with Crippen LogP contribution >= 0.6 is 0 Å². The van der Waals surface area contributed by atoms with Crippen molar-refractivity contribution in [2.45, 2.75) is 41.5 Å². The number of benzene rings is 2. The van der Waals surface area contributed by atoms with Gasteiger partial charge in [-0.25, -0.2) is 0 Å². The van der Waals surface area contributed by atoms with Crippen molar-refractivity contribution in [1.29, 1.82) is 0 Å². The lowest BCUT2D eigenvalue weighted by atomic mass is 10.2. The van der Waals surface area contributed by atoms with E-state index in [1.165, 1.54) is 16.2 Å². The molecule has 2 aromatic carbocycles. The molecule has 0 atom stereocenters. The minimum absolute atomic E-state index is 0.833. The average molecular weight is 375 g/mol. The maximum absolute atomic E-state index is 4.18. The summed E-state index contributed by atoms with van der Waals surface area (Å²) >= 11 is 0. The Bertz CT molecular complexity index is 700. The van der Waals surface area contributed by atoms with Crippen LogP contribution in [0.5, 0.6) is 0 Å².